The van der Waals surface area contributed by atoms with Crippen molar-refractivity contribution in [2.75, 3.05) is 0 Å². The van der Waals surface area contributed by atoms with Gasteiger partial charge in [-0.05, 0) is 24.3 Å². The molecular weight excluding hydrogens is 581 g/mol. The number of carboxylic acids is 1. The number of rotatable bonds is 4. The molecule has 0 bridgehead atoms. The monoisotopic (exact) mass is 593 g/mol. The van der Waals surface area contributed by atoms with Gasteiger partial charge in [-0.3, -0.25) is 0 Å². The quantitative estimate of drug-likeness (QED) is 0.0665. The number of alkyl halides is 3. The van der Waals surface area contributed by atoms with Crippen molar-refractivity contribution in [2.45, 2.75) is 12.1 Å². The molecule has 3 aromatic carbocycles. The van der Waals surface area contributed by atoms with Crippen molar-refractivity contribution >= 4 is 67.1 Å². The highest BCUT2D eigenvalue weighted by Crippen LogP contribution is 2.35. The third-order valence-corrected chi connectivity index (χ3v) is 6.00. The fraction of sp³-hybridized carbons (Fsp3) is 0.0870. The van der Waals surface area contributed by atoms with Crippen LogP contribution in [0.2, 0.25) is 10.0 Å². The van der Waals surface area contributed by atoms with Gasteiger partial charge in [0.15, 0.2) is 15.9 Å². The molecule has 0 atom stereocenters. The molecule has 38 heavy (non-hydrogen) atoms. The lowest BCUT2D eigenvalue weighted by Crippen LogP contribution is -2.40. The number of para-hydroxylation sites is 2. The minimum atomic E-state index is -6.09. The Balaban J connectivity index is 0.000000436. The van der Waals surface area contributed by atoms with Crippen LogP contribution in [0.3, 0.4) is 0 Å². The van der Waals surface area contributed by atoms with Gasteiger partial charge in [-0.1, -0.05) is 47.5 Å². The lowest BCUT2D eigenvalue weighted by atomic mass is 10.0. The Morgan fingerprint density at radius 2 is 1.37 bits per heavy atom. The summed E-state index contributed by atoms with van der Waals surface area (Å²) in [7, 11) is -6.09. The maximum absolute atomic E-state index is 13.5. The molecule has 15 heteroatoms. The average molecular weight is 594 g/mol. The first-order chi connectivity index (χ1) is 17.6. The van der Waals surface area contributed by atoms with E-state index >= 15 is 0 Å². The molecule has 4 aromatic rings. The number of hydrogen-bond donors (Lipinski definition) is 1. The molecule has 0 amide bonds. The van der Waals surface area contributed by atoms with E-state index in [0.29, 0.717) is 21.8 Å². The number of esters is 1. The number of nitrogens with zero attached hydrogens (tertiary/aromatic N) is 1. The van der Waals surface area contributed by atoms with Crippen LogP contribution in [0.4, 0.5) is 17.6 Å². The third-order valence-electron chi connectivity index (χ3n) is 4.87. The number of halogens is 6. The number of carbonyl (C=O) groups excluding carboxylic acids is 1. The molecule has 1 heterocycles. The molecule has 0 fully saturated rings. The molecule has 0 saturated heterocycles. The van der Waals surface area contributed by atoms with E-state index in [0.717, 1.165) is 12.1 Å². The average Bonchev–Trinajstić information content (AvgIpc) is 2.80. The maximum atomic E-state index is 13.5. The van der Waals surface area contributed by atoms with Gasteiger partial charge in [0, 0.05) is 12.1 Å². The van der Waals surface area contributed by atoms with Crippen LogP contribution < -0.4 is 9.30 Å². The van der Waals surface area contributed by atoms with E-state index in [1.807, 2.05) is 0 Å². The van der Waals surface area contributed by atoms with Gasteiger partial charge in [0.1, 0.15) is 5.82 Å². The SMILES string of the molecule is O=C(O)C[n+]1c2ccccc2c(C(=O)Oc2c(Cl)cc(F)cc2Cl)c2ccccc21.O=S(=O)([O-])C(F)(F)F. The Morgan fingerprint density at radius 1 is 0.947 bits per heavy atom. The Morgan fingerprint density at radius 3 is 1.76 bits per heavy atom. The van der Waals surface area contributed by atoms with Crippen molar-refractivity contribution in [3.63, 3.8) is 0 Å². The lowest BCUT2D eigenvalue weighted by Gasteiger charge is -2.12. The summed E-state index contributed by atoms with van der Waals surface area (Å²) >= 11 is 12.0. The summed E-state index contributed by atoms with van der Waals surface area (Å²) in [4.78, 5) is 24.7. The molecular formula is C23H13Cl2F4NO7S. The Hall–Kier alpha value is -3.52. The van der Waals surface area contributed by atoms with Crippen molar-refractivity contribution in [1.29, 1.82) is 0 Å². The van der Waals surface area contributed by atoms with Gasteiger partial charge in [0.25, 0.3) is 0 Å². The highest BCUT2D eigenvalue weighted by atomic mass is 35.5. The van der Waals surface area contributed by atoms with E-state index in [9.17, 15) is 32.3 Å². The van der Waals surface area contributed by atoms with Crippen LogP contribution in [0.15, 0.2) is 60.7 Å². The lowest BCUT2D eigenvalue weighted by molar-refractivity contribution is -0.633. The van der Waals surface area contributed by atoms with Gasteiger partial charge in [-0.15, -0.1) is 0 Å². The van der Waals surface area contributed by atoms with E-state index < -0.39 is 33.4 Å². The number of aliphatic carboxylic acids is 1. The molecule has 4 rings (SSSR count). The Kier molecular flexibility index (Phi) is 8.46. The Labute approximate surface area is 221 Å². The van der Waals surface area contributed by atoms with Crippen molar-refractivity contribution in [3.8, 4) is 5.75 Å². The second kappa shape index (κ2) is 11.1. The molecule has 200 valence electrons. The van der Waals surface area contributed by atoms with Crippen LogP contribution in [0.25, 0.3) is 21.8 Å². The zero-order chi connectivity index (χ0) is 28.4. The fourth-order valence-electron chi connectivity index (χ4n) is 3.41. The number of pyridine rings is 1. The molecule has 0 aliphatic carbocycles. The van der Waals surface area contributed by atoms with Crippen molar-refractivity contribution in [3.05, 3.63) is 82.1 Å². The second-order valence-electron chi connectivity index (χ2n) is 7.38. The number of aromatic nitrogens is 1. The van der Waals surface area contributed by atoms with Gasteiger partial charge in [-0.2, -0.15) is 17.7 Å². The summed E-state index contributed by atoms with van der Waals surface area (Å²) in [6.45, 7) is -0.286. The van der Waals surface area contributed by atoms with E-state index in [2.05, 4.69) is 0 Å². The van der Waals surface area contributed by atoms with Crippen molar-refractivity contribution in [1.82, 2.24) is 0 Å². The number of hydrogen-bond acceptors (Lipinski definition) is 6. The Bertz CT molecular complexity index is 1600. The van der Waals surface area contributed by atoms with Crippen LogP contribution in [0.5, 0.6) is 5.75 Å². The molecule has 0 aliphatic heterocycles. The highest BCUT2D eigenvalue weighted by molar-refractivity contribution is 7.86. The van der Waals surface area contributed by atoms with Gasteiger partial charge < -0.3 is 14.4 Å². The topological polar surface area (TPSA) is 125 Å². The zero-order valence-electron chi connectivity index (χ0n) is 18.5. The van der Waals surface area contributed by atoms with E-state index in [1.54, 1.807) is 53.1 Å². The smallest absolute Gasteiger partial charge is 0.485 e. The van der Waals surface area contributed by atoms with Crippen molar-refractivity contribution < 1.29 is 54.5 Å². The maximum Gasteiger partial charge on any atom is 0.485 e. The van der Waals surface area contributed by atoms with Crippen LogP contribution >= 0.6 is 23.2 Å². The predicted molar refractivity (Wildman–Crippen MR) is 126 cm³/mol. The van der Waals surface area contributed by atoms with E-state index in [4.69, 9.17) is 40.9 Å². The normalized spacial score (nSPS) is 11.7. The van der Waals surface area contributed by atoms with E-state index in [1.165, 1.54) is 0 Å². The van der Waals surface area contributed by atoms with Crippen LogP contribution in [-0.2, 0) is 21.5 Å². The fourth-order valence-corrected chi connectivity index (χ4v) is 3.95. The van der Waals surface area contributed by atoms with Crippen LogP contribution in [0.1, 0.15) is 10.4 Å². The number of benzene rings is 3. The molecule has 1 aromatic heterocycles. The molecule has 0 radical (unpaired) electrons. The molecule has 1 N–H and O–H groups in total. The zero-order valence-corrected chi connectivity index (χ0v) is 20.8. The number of ether oxygens (including phenoxy) is 1. The molecule has 8 nitrogen and oxygen atoms in total. The van der Waals surface area contributed by atoms with Gasteiger partial charge in [0.2, 0.25) is 17.6 Å². The van der Waals surface area contributed by atoms with Crippen LogP contribution in [0, 0.1) is 5.82 Å². The third kappa shape index (κ3) is 6.30. The summed E-state index contributed by atoms with van der Waals surface area (Å²) in [5.41, 5.74) is -4.34. The molecule has 0 unspecified atom stereocenters. The summed E-state index contributed by atoms with van der Waals surface area (Å²) in [5, 5.41) is 10.1. The standard InChI is InChI=1S/C22H12Cl2FNO4.CHF3O3S/c23-15-9-12(25)10-16(24)21(15)30-22(29)20-13-5-1-3-7-17(13)26(11-19(27)28)18-8-4-2-6-14(18)20;2-1(3,4)8(5,6)7/h1-10H,11H2;(H,5,6,7). The molecule has 0 saturated carbocycles. The van der Waals surface area contributed by atoms with Gasteiger partial charge >= 0.3 is 17.4 Å². The second-order valence-corrected chi connectivity index (χ2v) is 9.56. The minimum Gasteiger partial charge on any atom is -0.741 e. The number of fused-ring (bicyclic) bond motifs is 2. The largest absolute Gasteiger partial charge is 0.741 e. The van der Waals surface area contributed by atoms with Crippen LogP contribution in [-0.4, -0.2) is 35.5 Å². The number of carboxylic acid groups (broad SMARTS) is 1. The van der Waals surface area contributed by atoms with Crippen molar-refractivity contribution in [2.24, 2.45) is 0 Å². The highest BCUT2D eigenvalue weighted by Gasteiger charge is 2.37. The number of carbonyl (C=O) groups is 2. The summed E-state index contributed by atoms with van der Waals surface area (Å²) in [6.07, 6.45) is 0. The summed E-state index contributed by atoms with van der Waals surface area (Å²) in [6, 6.07) is 15.8. The summed E-state index contributed by atoms with van der Waals surface area (Å²) < 4.78 is 79.4. The predicted octanol–water partition coefficient (Wildman–Crippen LogP) is 5.08. The van der Waals surface area contributed by atoms with Gasteiger partial charge in [0.05, 0.1) is 26.4 Å². The first-order valence-corrected chi connectivity index (χ1v) is 12.2. The minimum absolute atomic E-state index is 0.140. The molecule has 0 aliphatic rings. The van der Waals surface area contributed by atoms with E-state index in [-0.39, 0.29) is 27.9 Å². The summed E-state index contributed by atoms with van der Waals surface area (Å²) in [5.74, 6) is -2.58. The van der Waals surface area contributed by atoms with Gasteiger partial charge in [-0.25, -0.2) is 22.4 Å². The first-order valence-electron chi connectivity index (χ1n) is 10.1. The molecule has 0 spiro atoms. The first kappa shape index (κ1) is 29.0.